The third kappa shape index (κ3) is 7.97. The molecule has 0 aliphatic carbocycles. The van der Waals surface area contributed by atoms with Gasteiger partial charge < -0.3 is 18.8 Å². The lowest BCUT2D eigenvalue weighted by atomic mass is 9.95. The van der Waals surface area contributed by atoms with E-state index in [1.807, 2.05) is 0 Å². The van der Waals surface area contributed by atoms with Crippen LogP contribution in [0.25, 0.3) is 0 Å². The summed E-state index contributed by atoms with van der Waals surface area (Å²) in [5.41, 5.74) is -0.418. The molecule has 0 unspecified atom stereocenters. The minimum atomic E-state index is -4.55. The van der Waals surface area contributed by atoms with Gasteiger partial charge in [0.25, 0.3) is 0 Å². The smallest absolute Gasteiger partial charge is 0.343 e. The molecule has 0 heterocycles. The summed E-state index contributed by atoms with van der Waals surface area (Å²) in [5, 5.41) is 10.5. The topological polar surface area (TPSA) is 133 Å². The van der Waals surface area contributed by atoms with Gasteiger partial charge in [0, 0.05) is 11.6 Å². The van der Waals surface area contributed by atoms with Gasteiger partial charge in [-0.05, 0) is 76.9 Å². The summed E-state index contributed by atoms with van der Waals surface area (Å²) in [6, 6.07) is 23.1. The van der Waals surface area contributed by atoms with E-state index in [9.17, 15) is 27.9 Å². The van der Waals surface area contributed by atoms with Crippen molar-refractivity contribution in [2.24, 2.45) is 0 Å². The van der Waals surface area contributed by atoms with Gasteiger partial charge in [-0.1, -0.05) is 54.1 Å². The average molecular weight is 617 g/mol. The van der Waals surface area contributed by atoms with Gasteiger partial charge in [0.05, 0.1) is 16.7 Å². The summed E-state index contributed by atoms with van der Waals surface area (Å²) in [4.78, 5) is 39.3. The van der Waals surface area contributed by atoms with Crippen LogP contribution in [-0.4, -0.2) is 36.8 Å². The van der Waals surface area contributed by atoms with E-state index >= 15 is 0 Å². The number of aryl methyl sites for hydroxylation is 1. The van der Waals surface area contributed by atoms with Gasteiger partial charge >= 0.3 is 22.1 Å². The largest absolute Gasteiger partial charge is 0.422 e. The first kappa shape index (κ1) is 32.1. The number of carbonyl (C=O) groups excluding carboxylic acids is 3. The molecule has 44 heavy (non-hydrogen) atoms. The van der Waals surface area contributed by atoms with Crippen LogP contribution >= 0.6 is 0 Å². The lowest BCUT2D eigenvalue weighted by molar-refractivity contribution is 0.0702. The zero-order chi connectivity index (χ0) is 32.1. The maximum Gasteiger partial charge on any atom is 0.343 e. The van der Waals surface area contributed by atoms with Crippen molar-refractivity contribution in [3.05, 3.63) is 119 Å². The maximum atomic E-state index is 13.6. The second kappa shape index (κ2) is 13.2. The number of hydrogen-bond acceptors (Lipinski definition) is 9. The Morgan fingerprint density at radius 3 is 1.75 bits per heavy atom. The molecule has 0 aliphatic heterocycles. The van der Waals surface area contributed by atoms with Crippen molar-refractivity contribution in [3.8, 4) is 17.2 Å². The molecule has 0 spiro atoms. The Balaban J connectivity index is 1.95. The van der Waals surface area contributed by atoms with E-state index < -0.39 is 39.2 Å². The van der Waals surface area contributed by atoms with E-state index in [-0.39, 0.29) is 51.5 Å². The van der Waals surface area contributed by atoms with Gasteiger partial charge in [-0.3, -0.25) is 4.79 Å². The summed E-state index contributed by atoms with van der Waals surface area (Å²) in [6.07, 6.45) is -0.0167. The highest BCUT2D eigenvalue weighted by molar-refractivity contribution is 7.87. The number of ketones is 1. The molecule has 228 valence electrons. The molecule has 0 atom stereocenters. The lowest BCUT2D eigenvalue weighted by Gasteiger charge is -2.23. The molecule has 10 heteroatoms. The Morgan fingerprint density at radius 1 is 0.773 bits per heavy atom. The quantitative estimate of drug-likeness (QED) is 0.0917. The lowest BCUT2D eigenvalue weighted by Crippen LogP contribution is -2.22. The normalized spacial score (nSPS) is 11.5. The first-order chi connectivity index (χ1) is 20.7. The van der Waals surface area contributed by atoms with Crippen molar-refractivity contribution >= 4 is 27.8 Å². The Kier molecular flexibility index (Phi) is 9.66. The molecule has 9 nitrogen and oxygen atoms in total. The molecular weight excluding hydrogens is 584 g/mol. The molecule has 0 fully saturated rings. The molecule has 0 saturated heterocycles. The van der Waals surface area contributed by atoms with Gasteiger partial charge in [0.2, 0.25) is 0 Å². The molecule has 0 bridgehead atoms. The molecule has 1 N–H and O–H groups in total. The van der Waals surface area contributed by atoms with Crippen LogP contribution in [0.1, 0.15) is 69.4 Å². The molecule has 0 aliphatic rings. The number of esters is 2. The summed E-state index contributed by atoms with van der Waals surface area (Å²) < 4.78 is 44.1. The molecule has 4 aromatic rings. The first-order valence-corrected chi connectivity index (χ1v) is 15.1. The van der Waals surface area contributed by atoms with Gasteiger partial charge in [-0.2, -0.15) is 8.42 Å². The summed E-state index contributed by atoms with van der Waals surface area (Å²) in [7, 11) is -4.55. The fourth-order valence-electron chi connectivity index (χ4n) is 4.25. The predicted molar refractivity (Wildman–Crippen MR) is 163 cm³/mol. The SMILES string of the molecule is CC(=O)c1c(OC(=O)c2ccccc2)cc(OC(=O)c2ccccc2)c(CCC(C)(C)O)c1OS(=O)(=O)c1ccc(C)cc1. The fourth-order valence-corrected chi connectivity index (χ4v) is 5.22. The number of hydrogen-bond donors (Lipinski definition) is 1. The molecule has 0 radical (unpaired) electrons. The van der Waals surface area contributed by atoms with Crippen LogP contribution in [0.4, 0.5) is 0 Å². The van der Waals surface area contributed by atoms with Crippen molar-refractivity contribution in [3.63, 3.8) is 0 Å². The van der Waals surface area contributed by atoms with E-state index in [0.29, 0.717) is 0 Å². The third-order valence-corrected chi connectivity index (χ3v) is 7.81. The Labute approximate surface area is 256 Å². The Bertz CT molecular complexity index is 1770. The van der Waals surface area contributed by atoms with Crippen molar-refractivity contribution in [1.29, 1.82) is 0 Å². The second-order valence-electron chi connectivity index (χ2n) is 10.8. The van der Waals surface area contributed by atoms with Crippen LogP contribution in [0.2, 0.25) is 0 Å². The Morgan fingerprint density at radius 2 is 1.27 bits per heavy atom. The highest BCUT2D eigenvalue weighted by atomic mass is 32.2. The highest BCUT2D eigenvalue weighted by Gasteiger charge is 2.32. The van der Waals surface area contributed by atoms with E-state index in [1.165, 1.54) is 42.5 Å². The molecule has 0 aromatic heterocycles. The molecule has 4 rings (SSSR count). The van der Waals surface area contributed by atoms with Crippen LogP contribution in [0.5, 0.6) is 17.2 Å². The predicted octanol–water partition coefficient (Wildman–Crippen LogP) is 6.11. The number of Topliss-reactive ketones (excluding diaryl/α,β-unsaturated/α-hetero) is 1. The number of ether oxygens (including phenoxy) is 2. The molecule has 0 amide bonds. The van der Waals surface area contributed by atoms with Gasteiger partial charge in [0.15, 0.2) is 11.5 Å². The highest BCUT2D eigenvalue weighted by Crippen LogP contribution is 2.43. The number of benzene rings is 4. The van der Waals surface area contributed by atoms with Crippen LogP contribution in [0.15, 0.2) is 95.9 Å². The molecular formula is C34H32O9S. The molecule has 4 aromatic carbocycles. The van der Waals surface area contributed by atoms with E-state index in [0.717, 1.165) is 12.5 Å². The van der Waals surface area contributed by atoms with Crippen LogP contribution in [0, 0.1) is 6.92 Å². The first-order valence-electron chi connectivity index (χ1n) is 13.7. The average Bonchev–Trinajstić information content (AvgIpc) is 2.97. The number of aliphatic hydroxyl groups is 1. The zero-order valence-electron chi connectivity index (χ0n) is 24.7. The van der Waals surface area contributed by atoms with E-state index in [2.05, 4.69) is 0 Å². The summed E-state index contributed by atoms with van der Waals surface area (Å²) >= 11 is 0. The van der Waals surface area contributed by atoms with Gasteiger partial charge in [-0.15, -0.1) is 0 Å². The maximum absolute atomic E-state index is 13.6. The standard InChI is InChI=1S/C34H32O9S/c1-22-15-17-26(18-16-22)44(39,40)43-31-27(19-20-34(3,4)38)28(41-32(36)24-11-7-5-8-12-24)21-29(30(31)23(2)35)42-33(37)25-13-9-6-10-14-25/h5-18,21,38H,19-20H2,1-4H3. The fraction of sp³-hybridized carbons (Fsp3) is 0.206. The number of carbonyl (C=O) groups is 3. The second-order valence-corrected chi connectivity index (χ2v) is 12.3. The van der Waals surface area contributed by atoms with Crippen molar-refractivity contribution in [2.45, 2.75) is 51.0 Å². The van der Waals surface area contributed by atoms with Gasteiger partial charge in [0.1, 0.15) is 22.0 Å². The van der Waals surface area contributed by atoms with E-state index in [1.54, 1.807) is 69.3 Å². The molecule has 0 saturated carbocycles. The van der Waals surface area contributed by atoms with Crippen LogP contribution in [0.3, 0.4) is 0 Å². The van der Waals surface area contributed by atoms with E-state index in [4.69, 9.17) is 13.7 Å². The van der Waals surface area contributed by atoms with Crippen LogP contribution in [-0.2, 0) is 16.5 Å². The summed E-state index contributed by atoms with van der Waals surface area (Å²) in [6.45, 7) is 6.05. The van der Waals surface area contributed by atoms with Crippen molar-refractivity contribution in [1.82, 2.24) is 0 Å². The Hall–Kier alpha value is -4.80. The zero-order valence-corrected chi connectivity index (χ0v) is 25.5. The van der Waals surface area contributed by atoms with Crippen molar-refractivity contribution < 1.29 is 41.6 Å². The monoisotopic (exact) mass is 616 g/mol. The summed E-state index contributed by atoms with van der Waals surface area (Å²) in [5.74, 6) is -3.37. The minimum absolute atomic E-state index is 0.0109. The minimum Gasteiger partial charge on any atom is -0.422 e. The van der Waals surface area contributed by atoms with Crippen molar-refractivity contribution in [2.75, 3.05) is 0 Å². The third-order valence-electron chi connectivity index (χ3n) is 6.57. The van der Waals surface area contributed by atoms with Gasteiger partial charge in [-0.25, -0.2) is 9.59 Å². The number of rotatable bonds is 11. The van der Waals surface area contributed by atoms with Crippen LogP contribution < -0.4 is 13.7 Å².